The summed E-state index contributed by atoms with van der Waals surface area (Å²) >= 11 is 0. The number of benzene rings is 2. The van der Waals surface area contributed by atoms with Crippen LogP contribution in [-0.2, 0) is 28.4 Å². The molecule has 2 aromatic carbocycles. The minimum atomic E-state index is -5.00. The average Bonchev–Trinajstić information content (AvgIpc) is 3.64. The zero-order valence-corrected chi connectivity index (χ0v) is 24.3. The molecule has 5 aromatic rings. The van der Waals surface area contributed by atoms with Crippen molar-refractivity contribution in [2.45, 2.75) is 31.2 Å². The van der Waals surface area contributed by atoms with Crippen molar-refractivity contribution in [1.29, 1.82) is 0 Å². The Hall–Kier alpha value is -4.63. The molecule has 1 aliphatic rings. The van der Waals surface area contributed by atoms with Gasteiger partial charge in [0.25, 0.3) is 10.0 Å². The molecule has 44 heavy (non-hydrogen) atoms. The molecule has 3 N–H and O–H groups in total. The van der Waals surface area contributed by atoms with Gasteiger partial charge in [0.1, 0.15) is 29.7 Å². The number of ether oxygens (including phenoxy) is 2. The Morgan fingerprint density at radius 3 is 2.59 bits per heavy atom. The lowest BCUT2D eigenvalue weighted by molar-refractivity contribution is 0.0662. The van der Waals surface area contributed by atoms with Crippen LogP contribution in [0.4, 0.5) is 24.7 Å². The van der Waals surface area contributed by atoms with Gasteiger partial charge < -0.3 is 15.2 Å². The van der Waals surface area contributed by atoms with Gasteiger partial charge in [-0.1, -0.05) is 18.2 Å². The fourth-order valence-corrected chi connectivity index (χ4v) is 5.75. The number of sulfonamides is 1. The smallest absolute Gasteiger partial charge is 0.355 e. The molecule has 0 unspecified atom stereocenters. The second kappa shape index (κ2) is 11.8. The number of nitrogens with one attached hydrogen (secondary N) is 1. The third-order valence-electron chi connectivity index (χ3n) is 7.42. The average molecular weight is 628 g/mol. The molecule has 11 nitrogen and oxygen atoms in total. The fraction of sp³-hybridized carbons (Fsp3) is 0.276. The number of hydrogen-bond acceptors (Lipinski definition) is 8. The fourth-order valence-electron chi connectivity index (χ4n) is 5.19. The second-order valence-corrected chi connectivity index (χ2v) is 12.0. The second-order valence-electron chi connectivity index (χ2n) is 10.3. The molecule has 0 aliphatic carbocycles. The van der Waals surface area contributed by atoms with Crippen LogP contribution in [0.3, 0.4) is 0 Å². The summed E-state index contributed by atoms with van der Waals surface area (Å²) in [7, 11) is -3.24. The molecule has 15 heteroatoms. The number of pyridine rings is 1. The van der Waals surface area contributed by atoms with Crippen molar-refractivity contribution in [3.8, 4) is 28.1 Å². The van der Waals surface area contributed by atoms with E-state index < -0.39 is 21.6 Å². The van der Waals surface area contributed by atoms with Gasteiger partial charge in [-0.3, -0.25) is 14.1 Å². The number of aromatic nitrogens is 5. The first-order valence-electron chi connectivity index (χ1n) is 13.7. The molecule has 0 radical (unpaired) electrons. The third kappa shape index (κ3) is 5.79. The van der Waals surface area contributed by atoms with E-state index in [1.165, 1.54) is 42.5 Å². The quantitative estimate of drug-likeness (QED) is 0.230. The molecule has 0 spiro atoms. The van der Waals surface area contributed by atoms with Gasteiger partial charge in [0.15, 0.2) is 0 Å². The Balaban J connectivity index is 1.41. The molecule has 6 rings (SSSR count). The van der Waals surface area contributed by atoms with Crippen LogP contribution >= 0.6 is 0 Å². The summed E-state index contributed by atoms with van der Waals surface area (Å²) < 4.78 is 80.6. The van der Waals surface area contributed by atoms with Gasteiger partial charge in [-0.2, -0.15) is 19.0 Å². The first-order chi connectivity index (χ1) is 21.1. The van der Waals surface area contributed by atoms with Crippen LogP contribution in [0.2, 0.25) is 0 Å². The number of fused-ring (bicyclic) bond motifs is 1. The Kier molecular flexibility index (Phi) is 7.90. The highest BCUT2D eigenvalue weighted by Gasteiger charge is 2.26. The van der Waals surface area contributed by atoms with E-state index in [1.807, 2.05) is 15.6 Å². The Bertz CT molecular complexity index is 1920. The molecule has 1 aliphatic heterocycles. The zero-order chi connectivity index (χ0) is 31.0. The minimum absolute atomic E-state index is 0.0460. The van der Waals surface area contributed by atoms with Gasteiger partial charge in [-0.05, 0) is 42.7 Å². The molecule has 0 amide bonds. The Labute approximate surface area is 250 Å². The van der Waals surface area contributed by atoms with Crippen LogP contribution in [-0.4, -0.2) is 51.9 Å². The summed E-state index contributed by atoms with van der Waals surface area (Å²) in [4.78, 5) is 4.43. The maximum absolute atomic E-state index is 13.4. The van der Waals surface area contributed by atoms with Crippen LogP contribution < -0.4 is 15.2 Å². The predicted octanol–water partition coefficient (Wildman–Crippen LogP) is 5.11. The molecule has 1 saturated heterocycles. The van der Waals surface area contributed by atoms with Gasteiger partial charge in [0.2, 0.25) is 0 Å². The van der Waals surface area contributed by atoms with E-state index in [0.717, 1.165) is 24.0 Å². The summed E-state index contributed by atoms with van der Waals surface area (Å²) in [5, 5.41) is 9.82. The molecule has 3 aromatic heterocycles. The number of halogens is 3. The SMILES string of the molecule is Cn1nc(-c2ccc(NS(=O)(=O)C(F)F)c(OCc3ccc(F)cc3)c2)c2c(N)ncc(-c3cnn(C4CCOCC4)c3)c21. The van der Waals surface area contributed by atoms with Crippen molar-refractivity contribution in [2.75, 3.05) is 23.7 Å². The highest BCUT2D eigenvalue weighted by molar-refractivity contribution is 7.93. The number of nitrogens with zero attached hydrogens (tertiary/aromatic N) is 5. The van der Waals surface area contributed by atoms with E-state index in [0.29, 0.717) is 40.9 Å². The molecule has 0 bridgehead atoms. The number of nitrogen functional groups attached to an aromatic ring is 1. The summed E-state index contributed by atoms with van der Waals surface area (Å²) in [6.45, 7) is 1.26. The molecule has 4 heterocycles. The van der Waals surface area contributed by atoms with Crippen LogP contribution in [0.15, 0.2) is 61.1 Å². The van der Waals surface area contributed by atoms with Gasteiger partial charge >= 0.3 is 5.76 Å². The normalized spacial score (nSPS) is 14.4. The summed E-state index contributed by atoms with van der Waals surface area (Å²) in [5.41, 5.74) is 9.89. The first-order valence-corrected chi connectivity index (χ1v) is 15.2. The molecule has 0 atom stereocenters. The predicted molar refractivity (Wildman–Crippen MR) is 158 cm³/mol. The lowest BCUT2D eigenvalue weighted by Gasteiger charge is -2.22. The lowest BCUT2D eigenvalue weighted by Crippen LogP contribution is -2.21. The standard InChI is InChI=1S/C29H28F3N7O4S/c1-38-27-22(19-13-35-39(15-19)21-8-10-42-11-9-21)14-34-28(33)25(27)26(36-38)18-4-7-23(37-44(40,41)29(31)32)24(12-18)43-16-17-2-5-20(30)6-3-17/h2-7,12-15,21,29,37H,8-11,16H2,1H3,(H2,33,34). The topological polar surface area (TPSA) is 139 Å². The summed E-state index contributed by atoms with van der Waals surface area (Å²) in [5.74, 6) is -3.94. The van der Waals surface area contributed by atoms with Gasteiger partial charge in [0.05, 0.1) is 28.8 Å². The van der Waals surface area contributed by atoms with Gasteiger partial charge in [-0.15, -0.1) is 0 Å². The Morgan fingerprint density at radius 1 is 1.11 bits per heavy atom. The van der Waals surface area contributed by atoms with Crippen molar-refractivity contribution in [3.05, 3.63) is 72.4 Å². The van der Waals surface area contributed by atoms with Crippen molar-refractivity contribution < 1.29 is 31.1 Å². The number of rotatable bonds is 9. The number of nitrogens with two attached hydrogens (primary N) is 1. The number of aryl methyl sites for hydroxylation is 1. The summed E-state index contributed by atoms with van der Waals surface area (Å²) in [6, 6.07) is 10.0. The molecular weight excluding hydrogens is 599 g/mol. The number of anilines is 2. The first kappa shape index (κ1) is 29.4. The highest BCUT2D eigenvalue weighted by atomic mass is 32.2. The van der Waals surface area contributed by atoms with Crippen LogP contribution in [0.25, 0.3) is 33.3 Å². The van der Waals surface area contributed by atoms with Crippen molar-refractivity contribution in [2.24, 2.45) is 7.05 Å². The molecule has 1 fully saturated rings. The van der Waals surface area contributed by atoms with Crippen molar-refractivity contribution >= 4 is 32.4 Å². The Morgan fingerprint density at radius 2 is 1.86 bits per heavy atom. The van der Waals surface area contributed by atoms with E-state index in [9.17, 15) is 21.6 Å². The van der Waals surface area contributed by atoms with Gasteiger partial charge in [-0.25, -0.2) is 17.8 Å². The number of alkyl halides is 2. The van der Waals surface area contributed by atoms with Crippen LogP contribution in [0, 0.1) is 5.82 Å². The summed E-state index contributed by atoms with van der Waals surface area (Å²) in [6.07, 6.45) is 7.11. The van der Waals surface area contributed by atoms with E-state index in [4.69, 9.17) is 20.3 Å². The van der Waals surface area contributed by atoms with Crippen molar-refractivity contribution in [1.82, 2.24) is 24.5 Å². The van der Waals surface area contributed by atoms with Gasteiger partial charge in [0, 0.05) is 49.3 Å². The number of hydrogen-bond donors (Lipinski definition) is 2. The van der Waals surface area contributed by atoms with E-state index in [2.05, 4.69) is 10.1 Å². The minimum Gasteiger partial charge on any atom is -0.487 e. The molecule has 230 valence electrons. The van der Waals surface area contributed by atoms with E-state index in [1.54, 1.807) is 24.1 Å². The highest BCUT2D eigenvalue weighted by Crippen LogP contribution is 2.40. The largest absolute Gasteiger partial charge is 0.487 e. The van der Waals surface area contributed by atoms with E-state index >= 15 is 0 Å². The third-order valence-corrected chi connectivity index (χ3v) is 8.39. The lowest BCUT2D eigenvalue weighted by atomic mass is 10.0. The molecule has 0 saturated carbocycles. The van der Waals surface area contributed by atoms with Crippen molar-refractivity contribution in [3.63, 3.8) is 0 Å². The zero-order valence-electron chi connectivity index (χ0n) is 23.5. The monoisotopic (exact) mass is 627 g/mol. The van der Waals surface area contributed by atoms with Crippen LogP contribution in [0.5, 0.6) is 5.75 Å². The molecular formula is C29H28F3N7O4S. The maximum atomic E-state index is 13.4. The van der Waals surface area contributed by atoms with E-state index in [-0.39, 0.29) is 29.9 Å². The van der Waals surface area contributed by atoms with Crippen LogP contribution in [0.1, 0.15) is 24.4 Å². The maximum Gasteiger partial charge on any atom is 0.355 e.